The Labute approximate surface area is 130 Å². The molecule has 5 heteroatoms. The minimum absolute atomic E-state index is 0.101. The molecular formula is C17H22N4O. The third kappa shape index (κ3) is 3.04. The molecule has 1 aliphatic rings. The summed E-state index contributed by atoms with van der Waals surface area (Å²) in [5.41, 5.74) is 9.24. The largest absolute Gasteiger partial charge is 0.348 e. The van der Waals surface area contributed by atoms with Gasteiger partial charge in [-0.25, -0.2) is 0 Å². The third-order valence-corrected chi connectivity index (χ3v) is 4.45. The van der Waals surface area contributed by atoms with Crippen LogP contribution in [-0.4, -0.2) is 28.7 Å². The van der Waals surface area contributed by atoms with E-state index in [1.165, 1.54) is 5.56 Å². The van der Waals surface area contributed by atoms with Gasteiger partial charge in [-0.15, -0.1) is 0 Å². The first-order chi connectivity index (χ1) is 10.7. The highest BCUT2D eigenvalue weighted by Gasteiger charge is 2.28. The van der Waals surface area contributed by atoms with Crippen molar-refractivity contribution in [2.45, 2.75) is 32.2 Å². The molecule has 1 fully saturated rings. The molecule has 1 amide bonds. The summed E-state index contributed by atoms with van der Waals surface area (Å²) in [6.07, 6.45) is 3.23. The zero-order valence-electron chi connectivity index (χ0n) is 12.8. The number of nitrogens with zero attached hydrogens (tertiary/aromatic N) is 1. The van der Waals surface area contributed by atoms with Crippen molar-refractivity contribution in [3.8, 4) is 11.3 Å². The minimum Gasteiger partial charge on any atom is -0.348 e. The van der Waals surface area contributed by atoms with Gasteiger partial charge in [-0.2, -0.15) is 5.10 Å². The van der Waals surface area contributed by atoms with Gasteiger partial charge in [0.15, 0.2) is 0 Å². The normalized spacial score (nSPS) is 21.0. The first kappa shape index (κ1) is 14.8. The molecule has 1 aliphatic carbocycles. The van der Waals surface area contributed by atoms with Crippen LogP contribution in [0, 0.1) is 12.8 Å². The van der Waals surface area contributed by atoms with E-state index in [0.717, 1.165) is 30.5 Å². The maximum atomic E-state index is 12.3. The van der Waals surface area contributed by atoms with Crippen LogP contribution >= 0.6 is 0 Å². The predicted octanol–water partition coefficient (Wildman–Crippen LogP) is 2.24. The number of H-pyrrole nitrogens is 1. The number of benzene rings is 1. The molecule has 22 heavy (non-hydrogen) atoms. The van der Waals surface area contributed by atoms with Crippen molar-refractivity contribution in [1.82, 2.24) is 15.5 Å². The van der Waals surface area contributed by atoms with Gasteiger partial charge in [0, 0.05) is 11.6 Å². The molecule has 2 aromatic rings. The van der Waals surface area contributed by atoms with Crippen LogP contribution in [0.15, 0.2) is 30.3 Å². The maximum Gasteiger partial charge on any atom is 0.269 e. The van der Waals surface area contributed by atoms with Gasteiger partial charge in [-0.1, -0.05) is 36.2 Å². The number of hydrogen-bond acceptors (Lipinski definition) is 3. The molecule has 1 heterocycles. The molecule has 4 N–H and O–H groups in total. The van der Waals surface area contributed by atoms with Crippen molar-refractivity contribution in [3.05, 3.63) is 41.6 Å². The zero-order chi connectivity index (χ0) is 15.5. The van der Waals surface area contributed by atoms with Crippen molar-refractivity contribution in [2.24, 2.45) is 11.7 Å². The van der Waals surface area contributed by atoms with E-state index in [1.54, 1.807) is 6.07 Å². The number of hydrogen-bond donors (Lipinski definition) is 3. The quantitative estimate of drug-likeness (QED) is 0.809. The van der Waals surface area contributed by atoms with Gasteiger partial charge < -0.3 is 11.1 Å². The van der Waals surface area contributed by atoms with Gasteiger partial charge >= 0.3 is 0 Å². The zero-order valence-corrected chi connectivity index (χ0v) is 12.8. The second-order valence-corrected chi connectivity index (χ2v) is 6.04. The molecule has 1 aromatic heterocycles. The number of amides is 1. The van der Waals surface area contributed by atoms with E-state index in [0.29, 0.717) is 18.2 Å². The molecule has 1 aromatic carbocycles. The van der Waals surface area contributed by atoms with Crippen LogP contribution in [0.25, 0.3) is 11.3 Å². The lowest BCUT2D eigenvalue weighted by molar-refractivity contribution is 0.0923. The number of aromatic amines is 1. The highest BCUT2D eigenvalue weighted by Crippen LogP contribution is 2.25. The Morgan fingerprint density at radius 2 is 2.14 bits per heavy atom. The average molecular weight is 298 g/mol. The third-order valence-electron chi connectivity index (χ3n) is 4.45. The van der Waals surface area contributed by atoms with E-state index in [9.17, 15) is 4.79 Å². The summed E-state index contributed by atoms with van der Waals surface area (Å²) >= 11 is 0. The molecule has 0 spiro atoms. The Hall–Kier alpha value is -2.14. The Kier molecular flexibility index (Phi) is 4.24. The fraction of sp³-hybridized carbons (Fsp3) is 0.412. The Bertz CT molecular complexity index is 647. The van der Waals surface area contributed by atoms with E-state index in [1.807, 2.05) is 31.2 Å². The average Bonchev–Trinajstić information content (AvgIpc) is 3.16. The number of rotatable bonds is 4. The first-order valence-electron chi connectivity index (χ1n) is 7.81. The van der Waals surface area contributed by atoms with Gasteiger partial charge in [0.1, 0.15) is 5.69 Å². The smallest absolute Gasteiger partial charge is 0.269 e. The molecule has 0 bridgehead atoms. The molecule has 116 valence electrons. The number of aromatic nitrogens is 2. The highest BCUT2D eigenvalue weighted by molar-refractivity contribution is 5.93. The van der Waals surface area contributed by atoms with E-state index >= 15 is 0 Å². The molecular weight excluding hydrogens is 276 g/mol. The van der Waals surface area contributed by atoms with Crippen molar-refractivity contribution in [2.75, 3.05) is 6.54 Å². The number of nitrogens with one attached hydrogen (secondary N) is 2. The summed E-state index contributed by atoms with van der Waals surface area (Å²) in [7, 11) is 0. The van der Waals surface area contributed by atoms with E-state index in [-0.39, 0.29) is 11.9 Å². The van der Waals surface area contributed by atoms with Gasteiger partial charge in [-0.3, -0.25) is 9.89 Å². The van der Waals surface area contributed by atoms with Crippen LogP contribution in [0.5, 0.6) is 0 Å². The first-order valence-corrected chi connectivity index (χ1v) is 7.81. The standard InChI is InChI=1S/C17H22N4O/c1-11-5-7-12(8-6-11)15-9-16(21-20-15)17(22)19-14-4-2-3-13(14)10-18/h5-9,13-14H,2-4,10,18H2,1H3,(H,19,22)(H,20,21). The molecule has 3 rings (SSSR count). The molecule has 2 unspecified atom stereocenters. The molecule has 5 nitrogen and oxygen atoms in total. The van der Waals surface area contributed by atoms with Crippen LogP contribution in [0.4, 0.5) is 0 Å². The van der Waals surface area contributed by atoms with E-state index in [2.05, 4.69) is 15.5 Å². The predicted molar refractivity (Wildman–Crippen MR) is 86.4 cm³/mol. The van der Waals surface area contributed by atoms with Crippen LogP contribution in [0.1, 0.15) is 35.3 Å². The highest BCUT2D eigenvalue weighted by atomic mass is 16.2. The number of carbonyl (C=O) groups excluding carboxylic acids is 1. The summed E-state index contributed by atoms with van der Waals surface area (Å²) in [5.74, 6) is 0.291. The summed E-state index contributed by atoms with van der Waals surface area (Å²) in [6.45, 7) is 2.67. The Morgan fingerprint density at radius 3 is 2.86 bits per heavy atom. The van der Waals surface area contributed by atoms with Crippen molar-refractivity contribution >= 4 is 5.91 Å². The molecule has 0 radical (unpaired) electrons. The molecule has 0 saturated heterocycles. The second-order valence-electron chi connectivity index (χ2n) is 6.04. The number of carbonyl (C=O) groups is 1. The molecule has 2 atom stereocenters. The SMILES string of the molecule is Cc1ccc(-c2cc(C(=O)NC3CCCC3CN)[nH]n2)cc1. The van der Waals surface area contributed by atoms with Gasteiger partial charge in [0.25, 0.3) is 5.91 Å². The summed E-state index contributed by atoms with van der Waals surface area (Å²) in [6, 6.07) is 10.1. The van der Waals surface area contributed by atoms with Crippen LogP contribution in [-0.2, 0) is 0 Å². The monoisotopic (exact) mass is 298 g/mol. The molecule has 1 saturated carbocycles. The maximum absolute atomic E-state index is 12.3. The fourth-order valence-corrected chi connectivity index (χ4v) is 3.07. The minimum atomic E-state index is -0.101. The van der Waals surface area contributed by atoms with E-state index in [4.69, 9.17) is 5.73 Å². The van der Waals surface area contributed by atoms with Crippen LogP contribution < -0.4 is 11.1 Å². The van der Waals surface area contributed by atoms with Gasteiger partial charge in [0.2, 0.25) is 0 Å². The van der Waals surface area contributed by atoms with Crippen LogP contribution in [0.2, 0.25) is 0 Å². The molecule has 0 aliphatic heterocycles. The van der Waals surface area contributed by atoms with Crippen molar-refractivity contribution < 1.29 is 4.79 Å². The summed E-state index contributed by atoms with van der Waals surface area (Å²) in [5, 5.41) is 10.2. The lowest BCUT2D eigenvalue weighted by atomic mass is 10.0. The topological polar surface area (TPSA) is 83.8 Å². The Morgan fingerprint density at radius 1 is 1.36 bits per heavy atom. The lowest BCUT2D eigenvalue weighted by Crippen LogP contribution is -2.40. The van der Waals surface area contributed by atoms with Crippen LogP contribution in [0.3, 0.4) is 0 Å². The van der Waals surface area contributed by atoms with Crippen molar-refractivity contribution in [1.29, 1.82) is 0 Å². The number of nitrogens with two attached hydrogens (primary N) is 1. The summed E-state index contributed by atoms with van der Waals surface area (Å²) in [4.78, 5) is 12.3. The number of aryl methyl sites for hydroxylation is 1. The van der Waals surface area contributed by atoms with Gasteiger partial charge in [-0.05, 0) is 38.3 Å². The lowest BCUT2D eigenvalue weighted by Gasteiger charge is -2.18. The van der Waals surface area contributed by atoms with Gasteiger partial charge in [0.05, 0.1) is 5.69 Å². The van der Waals surface area contributed by atoms with E-state index < -0.39 is 0 Å². The second kappa shape index (κ2) is 6.32. The fourth-order valence-electron chi connectivity index (χ4n) is 3.07. The summed E-state index contributed by atoms with van der Waals surface area (Å²) < 4.78 is 0. The Balaban J connectivity index is 1.70. The van der Waals surface area contributed by atoms with Crippen molar-refractivity contribution in [3.63, 3.8) is 0 Å².